The predicted octanol–water partition coefficient (Wildman–Crippen LogP) is 1.51. The number of rotatable bonds is 3. The van der Waals surface area contributed by atoms with E-state index in [4.69, 9.17) is 5.73 Å². The molecule has 0 saturated heterocycles. The molecule has 0 radical (unpaired) electrons. The minimum absolute atomic E-state index is 0.0936. The van der Waals surface area contributed by atoms with Crippen LogP contribution in [0.4, 0.5) is 11.5 Å². The number of nitro groups is 1. The van der Waals surface area contributed by atoms with Crippen molar-refractivity contribution in [1.29, 1.82) is 0 Å². The minimum atomic E-state index is -0.515. The van der Waals surface area contributed by atoms with Crippen LogP contribution >= 0.6 is 11.8 Å². The van der Waals surface area contributed by atoms with Gasteiger partial charge in [0.2, 0.25) is 0 Å². The first-order chi connectivity index (χ1) is 8.15. The van der Waals surface area contributed by atoms with Crippen molar-refractivity contribution in [2.45, 2.75) is 10.1 Å². The van der Waals surface area contributed by atoms with E-state index in [0.717, 1.165) is 11.8 Å². The van der Waals surface area contributed by atoms with E-state index in [1.54, 1.807) is 12.4 Å². The van der Waals surface area contributed by atoms with Gasteiger partial charge in [0.15, 0.2) is 0 Å². The van der Waals surface area contributed by atoms with Gasteiger partial charge in [-0.25, -0.2) is 9.97 Å². The monoisotopic (exact) mass is 249 g/mol. The van der Waals surface area contributed by atoms with Gasteiger partial charge in [0.05, 0.1) is 17.2 Å². The summed E-state index contributed by atoms with van der Waals surface area (Å²) in [5.74, 6) is 0.102. The van der Waals surface area contributed by atoms with Crippen LogP contribution in [0.3, 0.4) is 0 Å². The van der Waals surface area contributed by atoms with E-state index < -0.39 is 4.92 Å². The topological polar surface area (TPSA) is 108 Å². The second-order valence-corrected chi connectivity index (χ2v) is 4.03. The van der Waals surface area contributed by atoms with Crippen LogP contribution < -0.4 is 5.73 Å². The van der Waals surface area contributed by atoms with Crippen LogP contribution in [0.15, 0.2) is 40.8 Å². The van der Waals surface area contributed by atoms with Gasteiger partial charge in [0.25, 0.3) is 5.69 Å². The number of anilines is 1. The lowest BCUT2D eigenvalue weighted by atomic mass is 10.4. The second kappa shape index (κ2) is 4.74. The van der Waals surface area contributed by atoms with Crippen molar-refractivity contribution >= 4 is 23.3 Å². The van der Waals surface area contributed by atoms with Crippen LogP contribution in [0.1, 0.15) is 0 Å². The largest absolute Gasteiger partial charge is 0.383 e. The number of nitrogens with zero attached hydrogens (tertiary/aromatic N) is 4. The molecule has 0 aliphatic heterocycles. The quantitative estimate of drug-likeness (QED) is 0.648. The number of nitrogen functional groups attached to an aromatic ring is 1. The summed E-state index contributed by atoms with van der Waals surface area (Å²) in [4.78, 5) is 22.0. The Kier molecular flexibility index (Phi) is 3.15. The molecule has 0 aliphatic carbocycles. The molecule has 0 spiro atoms. The van der Waals surface area contributed by atoms with Gasteiger partial charge in [0, 0.05) is 18.5 Å². The third-order valence-electron chi connectivity index (χ3n) is 1.77. The Morgan fingerprint density at radius 3 is 2.76 bits per heavy atom. The molecule has 86 valence electrons. The van der Waals surface area contributed by atoms with E-state index in [0.29, 0.717) is 10.1 Å². The standard InChI is InChI=1S/C9H7N5O2S/c10-7-3-6(14(15)16)4-8(13-7)17-9-5-11-1-2-12-9/h1-5H,(H2,10,13). The maximum absolute atomic E-state index is 10.6. The number of hydrogen-bond donors (Lipinski definition) is 1. The average molecular weight is 249 g/mol. The lowest BCUT2D eigenvalue weighted by Gasteiger charge is -2.00. The highest BCUT2D eigenvalue weighted by molar-refractivity contribution is 7.99. The van der Waals surface area contributed by atoms with E-state index in [1.165, 1.54) is 18.3 Å². The molecule has 8 heteroatoms. The maximum Gasteiger partial charge on any atom is 0.275 e. The molecule has 0 aliphatic rings. The molecule has 0 amide bonds. The minimum Gasteiger partial charge on any atom is -0.383 e. The Morgan fingerprint density at radius 2 is 2.12 bits per heavy atom. The van der Waals surface area contributed by atoms with Gasteiger partial charge in [-0.2, -0.15) is 0 Å². The predicted molar refractivity (Wildman–Crippen MR) is 61.5 cm³/mol. The number of pyridine rings is 1. The summed E-state index contributed by atoms with van der Waals surface area (Å²) in [6, 6.07) is 2.55. The van der Waals surface area contributed by atoms with Crippen molar-refractivity contribution in [3.05, 3.63) is 40.8 Å². The van der Waals surface area contributed by atoms with Gasteiger partial charge in [-0.1, -0.05) is 0 Å². The van der Waals surface area contributed by atoms with Gasteiger partial charge in [-0.15, -0.1) is 0 Å². The summed E-state index contributed by atoms with van der Waals surface area (Å²) >= 11 is 1.16. The fraction of sp³-hybridized carbons (Fsp3) is 0. The van der Waals surface area contributed by atoms with Crippen LogP contribution in [0.25, 0.3) is 0 Å². The van der Waals surface area contributed by atoms with Crippen molar-refractivity contribution in [2.24, 2.45) is 0 Å². The summed E-state index contributed by atoms with van der Waals surface area (Å²) in [5.41, 5.74) is 5.39. The number of hydrogen-bond acceptors (Lipinski definition) is 7. The Bertz CT molecular complexity index is 548. The molecule has 0 aromatic carbocycles. The molecule has 2 aromatic rings. The van der Waals surface area contributed by atoms with Crippen LogP contribution in [0, 0.1) is 10.1 Å². The molecule has 0 saturated carbocycles. The SMILES string of the molecule is Nc1cc([N+](=O)[O-])cc(Sc2cnccn2)n1. The lowest BCUT2D eigenvalue weighted by molar-refractivity contribution is -0.385. The summed E-state index contributed by atoms with van der Waals surface area (Å²) in [6.07, 6.45) is 4.61. The highest BCUT2D eigenvalue weighted by atomic mass is 32.2. The summed E-state index contributed by atoms with van der Waals surface area (Å²) in [6.45, 7) is 0. The zero-order valence-corrected chi connectivity index (χ0v) is 9.29. The van der Waals surface area contributed by atoms with Crippen LogP contribution in [0.2, 0.25) is 0 Å². The van der Waals surface area contributed by atoms with Crippen molar-refractivity contribution in [2.75, 3.05) is 5.73 Å². The highest BCUT2D eigenvalue weighted by Crippen LogP contribution is 2.27. The Morgan fingerprint density at radius 1 is 1.29 bits per heavy atom. The Labute approximate surface area is 100 Å². The molecular formula is C9H7N5O2S. The zero-order valence-electron chi connectivity index (χ0n) is 8.48. The molecule has 17 heavy (non-hydrogen) atoms. The first-order valence-corrected chi connectivity index (χ1v) is 5.32. The molecular weight excluding hydrogens is 242 g/mol. The van der Waals surface area contributed by atoms with Gasteiger partial charge < -0.3 is 5.73 Å². The second-order valence-electron chi connectivity index (χ2n) is 2.99. The normalized spacial score (nSPS) is 10.1. The molecule has 2 heterocycles. The van der Waals surface area contributed by atoms with Gasteiger partial charge >= 0.3 is 0 Å². The van der Waals surface area contributed by atoms with Crippen molar-refractivity contribution < 1.29 is 4.92 Å². The van der Waals surface area contributed by atoms with E-state index in [2.05, 4.69) is 15.0 Å². The summed E-state index contributed by atoms with van der Waals surface area (Å²) in [5, 5.41) is 11.7. The molecule has 2 rings (SSSR count). The van der Waals surface area contributed by atoms with E-state index in [1.807, 2.05) is 0 Å². The molecule has 7 nitrogen and oxygen atoms in total. The third-order valence-corrected chi connectivity index (χ3v) is 2.60. The number of nitrogens with two attached hydrogens (primary N) is 1. The number of aromatic nitrogens is 3. The summed E-state index contributed by atoms with van der Waals surface area (Å²) < 4.78 is 0. The molecule has 0 bridgehead atoms. The molecule has 0 atom stereocenters. The zero-order chi connectivity index (χ0) is 12.3. The van der Waals surface area contributed by atoms with Crippen molar-refractivity contribution in [3.63, 3.8) is 0 Å². The Hall–Kier alpha value is -2.22. The van der Waals surface area contributed by atoms with E-state index in [9.17, 15) is 10.1 Å². The molecule has 0 unspecified atom stereocenters. The van der Waals surface area contributed by atoms with E-state index >= 15 is 0 Å². The highest BCUT2D eigenvalue weighted by Gasteiger charge is 2.11. The fourth-order valence-electron chi connectivity index (χ4n) is 1.11. The van der Waals surface area contributed by atoms with Crippen LogP contribution in [-0.2, 0) is 0 Å². The Balaban J connectivity index is 2.30. The molecule has 2 aromatic heterocycles. The lowest BCUT2D eigenvalue weighted by Crippen LogP contribution is -1.96. The average Bonchev–Trinajstić information content (AvgIpc) is 2.29. The van der Waals surface area contributed by atoms with Gasteiger partial charge in [0.1, 0.15) is 15.9 Å². The van der Waals surface area contributed by atoms with Crippen LogP contribution in [0.5, 0.6) is 0 Å². The molecule has 2 N–H and O–H groups in total. The first-order valence-electron chi connectivity index (χ1n) is 4.51. The van der Waals surface area contributed by atoms with Crippen molar-refractivity contribution in [1.82, 2.24) is 15.0 Å². The smallest absolute Gasteiger partial charge is 0.275 e. The van der Waals surface area contributed by atoms with Gasteiger partial charge in [-0.05, 0) is 11.8 Å². The molecule has 0 fully saturated rings. The summed E-state index contributed by atoms with van der Waals surface area (Å²) in [7, 11) is 0. The maximum atomic E-state index is 10.6. The van der Waals surface area contributed by atoms with E-state index in [-0.39, 0.29) is 11.5 Å². The van der Waals surface area contributed by atoms with Crippen LogP contribution in [-0.4, -0.2) is 19.9 Å². The first kappa shape index (κ1) is 11.3. The van der Waals surface area contributed by atoms with Gasteiger partial charge in [-0.3, -0.25) is 15.1 Å². The van der Waals surface area contributed by atoms with Crippen molar-refractivity contribution in [3.8, 4) is 0 Å². The fourth-order valence-corrected chi connectivity index (χ4v) is 1.89. The third kappa shape index (κ3) is 2.88.